The zero-order valence-electron chi connectivity index (χ0n) is 11.1. The Morgan fingerprint density at radius 1 is 1.44 bits per heavy atom. The maximum Gasteiger partial charge on any atom is 0.141 e. The molecule has 1 atom stereocenters. The second-order valence-electron chi connectivity index (χ2n) is 4.57. The molecular weight excluding hydrogens is 228 g/mol. The lowest BCUT2D eigenvalue weighted by atomic mass is 10.1. The first-order chi connectivity index (χ1) is 8.70. The molecule has 0 amide bonds. The van der Waals surface area contributed by atoms with Crippen LogP contribution in [0.4, 0.5) is 0 Å². The van der Waals surface area contributed by atoms with Crippen molar-refractivity contribution >= 4 is 0 Å². The Kier molecular flexibility index (Phi) is 4.09. The second-order valence-corrected chi connectivity index (χ2v) is 4.57. The lowest BCUT2D eigenvalue weighted by molar-refractivity contribution is 0.495. The zero-order valence-corrected chi connectivity index (χ0v) is 11.1. The van der Waals surface area contributed by atoms with Gasteiger partial charge >= 0.3 is 0 Å². The van der Waals surface area contributed by atoms with Crippen molar-refractivity contribution in [1.82, 2.24) is 30.3 Å². The van der Waals surface area contributed by atoms with E-state index < -0.39 is 0 Å². The summed E-state index contributed by atoms with van der Waals surface area (Å²) in [4.78, 5) is 4.21. The Balaban J connectivity index is 2.08. The number of nitrogens with one attached hydrogen (secondary N) is 2. The summed E-state index contributed by atoms with van der Waals surface area (Å²) in [5.74, 6) is 0.857. The van der Waals surface area contributed by atoms with Crippen molar-refractivity contribution in [2.45, 2.75) is 39.3 Å². The van der Waals surface area contributed by atoms with Crippen LogP contribution in [-0.2, 0) is 6.42 Å². The molecule has 2 rings (SSSR count). The predicted octanol–water partition coefficient (Wildman–Crippen LogP) is 1.48. The van der Waals surface area contributed by atoms with Gasteiger partial charge in [-0.15, -0.1) is 0 Å². The van der Waals surface area contributed by atoms with E-state index in [1.54, 1.807) is 0 Å². The normalized spacial score (nSPS) is 13.1. The highest BCUT2D eigenvalue weighted by Gasteiger charge is 2.15. The van der Waals surface area contributed by atoms with Crippen molar-refractivity contribution in [1.29, 1.82) is 0 Å². The molecule has 2 heterocycles. The zero-order chi connectivity index (χ0) is 13.0. The molecule has 0 aliphatic heterocycles. The van der Waals surface area contributed by atoms with E-state index in [0.717, 1.165) is 24.5 Å². The third kappa shape index (κ3) is 2.95. The minimum atomic E-state index is 0.132. The summed E-state index contributed by atoms with van der Waals surface area (Å²) in [7, 11) is 0. The van der Waals surface area contributed by atoms with E-state index in [0.29, 0.717) is 6.04 Å². The summed E-state index contributed by atoms with van der Waals surface area (Å²) in [6.45, 7) is 7.20. The number of likely N-dealkylation sites (N-methyl/N-ethyl adjacent to an activating group) is 1. The molecule has 0 saturated heterocycles. The number of rotatable bonds is 6. The van der Waals surface area contributed by atoms with Gasteiger partial charge in [0.15, 0.2) is 0 Å². The smallest absolute Gasteiger partial charge is 0.141 e. The van der Waals surface area contributed by atoms with E-state index in [1.807, 2.05) is 10.9 Å². The third-order valence-corrected chi connectivity index (χ3v) is 2.82. The molecule has 2 aromatic heterocycles. The number of nitrogens with zero attached hydrogens (tertiary/aromatic N) is 4. The van der Waals surface area contributed by atoms with E-state index in [4.69, 9.17) is 0 Å². The summed E-state index contributed by atoms with van der Waals surface area (Å²) in [6.07, 6.45) is 4.36. The monoisotopic (exact) mass is 248 g/mol. The topological polar surface area (TPSA) is 71.4 Å². The van der Waals surface area contributed by atoms with Crippen LogP contribution in [0.3, 0.4) is 0 Å². The maximum absolute atomic E-state index is 4.56. The molecular formula is C12H20N6. The first kappa shape index (κ1) is 12.8. The molecule has 18 heavy (non-hydrogen) atoms. The van der Waals surface area contributed by atoms with Gasteiger partial charge in [-0.1, -0.05) is 6.92 Å². The Bertz CT molecular complexity index is 459. The molecule has 0 saturated carbocycles. The lowest BCUT2D eigenvalue weighted by Crippen LogP contribution is -2.24. The molecule has 6 heteroatoms. The molecule has 98 valence electrons. The van der Waals surface area contributed by atoms with E-state index in [-0.39, 0.29) is 6.04 Å². The lowest BCUT2D eigenvalue weighted by Gasteiger charge is -2.13. The van der Waals surface area contributed by atoms with Crippen LogP contribution in [0.5, 0.6) is 0 Å². The van der Waals surface area contributed by atoms with Crippen molar-refractivity contribution < 1.29 is 0 Å². The predicted molar refractivity (Wildman–Crippen MR) is 69.1 cm³/mol. The summed E-state index contributed by atoms with van der Waals surface area (Å²) in [6, 6.07) is 2.58. The molecule has 6 nitrogen and oxygen atoms in total. The number of H-pyrrole nitrogens is 1. The fourth-order valence-corrected chi connectivity index (χ4v) is 1.88. The van der Waals surface area contributed by atoms with Gasteiger partial charge in [-0.3, -0.25) is 9.78 Å². The molecule has 0 spiro atoms. The Labute approximate surface area is 107 Å². The highest BCUT2D eigenvalue weighted by molar-refractivity contribution is 5.06. The van der Waals surface area contributed by atoms with Crippen LogP contribution in [0.1, 0.15) is 44.4 Å². The number of aromatic nitrogens is 5. The Morgan fingerprint density at radius 3 is 2.83 bits per heavy atom. The molecule has 0 radical (unpaired) electrons. The largest absolute Gasteiger partial charge is 0.307 e. The quantitative estimate of drug-likeness (QED) is 0.812. The summed E-state index contributed by atoms with van der Waals surface area (Å²) in [5.41, 5.74) is 1.06. The molecule has 2 aromatic rings. The van der Waals surface area contributed by atoms with Gasteiger partial charge in [0.25, 0.3) is 0 Å². The van der Waals surface area contributed by atoms with Gasteiger partial charge in [0, 0.05) is 18.7 Å². The molecule has 2 N–H and O–H groups in total. The molecule has 0 aromatic carbocycles. The Hall–Kier alpha value is -1.69. The van der Waals surface area contributed by atoms with Crippen LogP contribution in [0, 0.1) is 0 Å². The minimum Gasteiger partial charge on any atom is -0.307 e. The first-order valence-corrected chi connectivity index (χ1v) is 6.33. The molecule has 0 fully saturated rings. The maximum atomic E-state index is 4.56. The van der Waals surface area contributed by atoms with Crippen molar-refractivity contribution in [3.63, 3.8) is 0 Å². The van der Waals surface area contributed by atoms with Gasteiger partial charge in [0.2, 0.25) is 0 Å². The first-order valence-electron chi connectivity index (χ1n) is 6.33. The standard InChI is InChI=1S/C12H20N6/c1-4-13-11(12-14-8-15-16-12)7-10-5-6-18(17-10)9(2)3/h5-6,8-9,11,13H,4,7H2,1-3H3,(H,14,15,16). The highest BCUT2D eigenvalue weighted by Crippen LogP contribution is 2.14. The van der Waals surface area contributed by atoms with Gasteiger partial charge in [-0.05, 0) is 26.5 Å². The van der Waals surface area contributed by atoms with E-state index >= 15 is 0 Å². The van der Waals surface area contributed by atoms with Crippen LogP contribution >= 0.6 is 0 Å². The van der Waals surface area contributed by atoms with Crippen LogP contribution in [-0.4, -0.2) is 31.5 Å². The van der Waals surface area contributed by atoms with Gasteiger partial charge in [0.05, 0.1) is 11.7 Å². The van der Waals surface area contributed by atoms with E-state index in [9.17, 15) is 0 Å². The van der Waals surface area contributed by atoms with Crippen LogP contribution in [0.2, 0.25) is 0 Å². The number of hydrogen-bond donors (Lipinski definition) is 2. The SMILES string of the molecule is CCNC(Cc1ccn(C(C)C)n1)c1ncn[nH]1. The van der Waals surface area contributed by atoms with Crippen molar-refractivity contribution in [3.8, 4) is 0 Å². The van der Waals surface area contributed by atoms with Crippen LogP contribution < -0.4 is 5.32 Å². The fourth-order valence-electron chi connectivity index (χ4n) is 1.88. The van der Waals surface area contributed by atoms with E-state index in [2.05, 4.69) is 52.4 Å². The second kappa shape index (κ2) is 5.77. The van der Waals surface area contributed by atoms with Crippen molar-refractivity contribution in [3.05, 3.63) is 30.1 Å². The van der Waals surface area contributed by atoms with Crippen LogP contribution in [0.15, 0.2) is 18.6 Å². The number of aromatic amines is 1. The summed E-state index contributed by atoms with van der Waals surface area (Å²) in [5, 5.41) is 14.8. The van der Waals surface area contributed by atoms with Crippen molar-refractivity contribution in [2.75, 3.05) is 6.54 Å². The fraction of sp³-hybridized carbons (Fsp3) is 0.583. The van der Waals surface area contributed by atoms with Gasteiger partial charge in [0.1, 0.15) is 12.2 Å². The van der Waals surface area contributed by atoms with Gasteiger partial charge in [-0.2, -0.15) is 10.2 Å². The molecule has 1 unspecified atom stereocenters. The summed E-state index contributed by atoms with van der Waals surface area (Å²) < 4.78 is 1.97. The van der Waals surface area contributed by atoms with Gasteiger partial charge < -0.3 is 5.32 Å². The molecule has 0 bridgehead atoms. The third-order valence-electron chi connectivity index (χ3n) is 2.82. The van der Waals surface area contributed by atoms with E-state index in [1.165, 1.54) is 6.33 Å². The van der Waals surface area contributed by atoms with Crippen molar-refractivity contribution in [2.24, 2.45) is 0 Å². The average molecular weight is 248 g/mol. The Morgan fingerprint density at radius 2 is 2.28 bits per heavy atom. The van der Waals surface area contributed by atoms with Gasteiger partial charge in [-0.25, -0.2) is 4.98 Å². The number of hydrogen-bond acceptors (Lipinski definition) is 4. The minimum absolute atomic E-state index is 0.132. The molecule has 0 aliphatic rings. The molecule has 0 aliphatic carbocycles. The summed E-state index contributed by atoms with van der Waals surface area (Å²) >= 11 is 0. The highest BCUT2D eigenvalue weighted by atomic mass is 15.3. The average Bonchev–Trinajstić information content (AvgIpc) is 2.99. The van der Waals surface area contributed by atoms with Crippen LogP contribution in [0.25, 0.3) is 0 Å².